The molecule has 1 aromatic rings. The Morgan fingerprint density at radius 1 is 1.32 bits per heavy atom. The molecule has 104 valence electrons. The van der Waals surface area contributed by atoms with Crippen LogP contribution in [-0.2, 0) is 11.2 Å². The highest BCUT2D eigenvalue weighted by atomic mass is 35.5. The van der Waals surface area contributed by atoms with Crippen molar-refractivity contribution in [1.82, 2.24) is 0 Å². The molecule has 4 rings (SSSR count). The van der Waals surface area contributed by atoms with E-state index < -0.39 is 0 Å². The zero-order valence-corrected chi connectivity index (χ0v) is 11.8. The second-order valence-corrected chi connectivity index (χ2v) is 6.25. The van der Waals surface area contributed by atoms with Crippen LogP contribution in [0, 0.1) is 17.2 Å². The summed E-state index contributed by atoms with van der Waals surface area (Å²) >= 11 is 0. The minimum absolute atomic E-state index is 0. The van der Waals surface area contributed by atoms with E-state index in [0.29, 0.717) is 6.42 Å². The second-order valence-electron chi connectivity index (χ2n) is 6.25. The standard InChI is InChI=1S/C15H18FNO.ClH/c1-10(14-7-15(17,8-14)9-14)13(18)6-11-2-4-12(16)5-3-11;/h2-5,10H,6-9,17H2,1H3;1H. The average molecular weight is 284 g/mol. The number of hydrogen-bond donors (Lipinski definition) is 1. The molecule has 4 heteroatoms. The number of Topliss-reactive ketones (excluding diaryl/α,β-unsaturated/α-hetero) is 1. The highest BCUT2D eigenvalue weighted by Gasteiger charge is 2.68. The van der Waals surface area contributed by atoms with E-state index in [4.69, 9.17) is 5.73 Å². The lowest BCUT2D eigenvalue weighted by Gasteiger charge is -2.71. The molecule has 0 spiro atoms. The Morgan fingerprint density at radius 2 is 1.84 bits per heavy atom. The fourth-order valence-electron chi connectivity index (χ4n) is 3.71. The summed E-state index contributed by atoms with van der Waals surface area (Å²) in [6.07, 6.45) is 3.39. The largest absolute Gasteiger partial charge is 0.325 e. The topological polar surface area (TPSA) is 43.1 Å². The van der Waals surface area contributed by atoms with Crippen LogP contribution in [0.5, 0.6) is 0 Å². The fourth-order valence-corrected chi connectivity index (χ4v) is 3.71. The summed E-state index contributed by atoms with van der Waals surface area (Å²) in [4.78, 5) is 12.2. The van der Waals surface area contributed by atoms with E-state index in [9.17, 15) is 9.18 Å². The van der Waals surface area contributed by atoms with Crippen LogP contribution < -0.4 is 5.73 Å². The van der Waals surface area contributed by atoms with Crippen LogP contribution in [0.1, 0.15) is 31.7 Å². The smallest absolute Gasteiger partial charge is 0.140 e. The quantitative estimate of drug-likeness (QED) is 0.923. The van der Waals surface area contributed by atoms with Crippen molar-refractivity contribution in [1.29, 1.82) is 0 Å². The molecule has 1 atom stereocenters. The van der Waals surface area contributed by atoms with Crippen LogP contribution in [0.3, 0.4) is 0 Å². The first-order valence-corrected chi connectivity index (χ1v) is 6.49. The van der Waals surface area contributed by atoms with Gasteiger partial charge in [-0.3, -0.25) is 4.79 Å². The minimum Gasteiger partial charge on any atom is -0.325 e. The van der Waals surface area contributed by atoms with Gasteiger partial charge in [0.05, 0.1) is 0 Å². The van der Waals surface area contributed by atoms with Crippen LogP contribution in [0.4, 0.5) is 4.39 Å². The number of benzene rings is 1. The molecule has 0 aromatic heterocycles. The van der Waals surface area contributed by atoms with Crippen LogP contribution >= 0.6 is 12.4 Å². The first-order chi connectivity index (χ1) is 8.42. The molecular formula is C15H19ClFNO. The van der Waals surface area contributed by atoms with Crippen LogP contribution in [0.2, 0.25) is 0 Å². The van der Waals surface area contributed by atoms with Gasteiger partial charge in [0.25, 0.3) is 0 Å². The van der Waals surface area contributed by atoms with Crippen LogP contribution in [-0.4, -0.2) is 11.3 Å². The van der Waals surface area contributed by atoms with Gasteiger partial charge in [-0.25, -0.2) is 4.39 Å². The first kappa shape index (κ1) is 14.5. The average Bonchev–Trinajstić information content (AvgIpc) is 2.26. The maximum atomic E-state index is 12.8. The molecule has 0 amide bonds. The second kappa shape index (κ2) is 4.57. The lowest BCUT2D eigenvalue weighted by Crippen LogP contribution is -2.74. The number of ketones is 1. The van der Waals surface area contributed by atoms with Gasteiger partial charge in [-0.15, -0.1) is 12.4 Å². The van der Waals surface area contributed by atoms with Crippen molar-refractivity contribution >= 4 is 18.2 Å². The zero-order chi connectivity index (χ0) is 13.0. The summed E-state index contributed by atoms with van der Waals surface area (Å²) in [6, 6.07) is 6.19. The molecule has 0 radical (unpaired) electrons. The van der Waals surface area contributed by atoms with Crippen molar-refractivity contribution < 1.29 is 9.18 Å². The summed E-state index contributed by atoms with van der Waals surface area (Å²) in [5.41, 5.74) is 7.15. The van der Waals surface area contributed by atoms with E-state index in [2.05, 4.69) is 0 Å². The molecular weight excluding hydrogens is 265 g/mol. The predicted octanol–water partition coefficient (Wildman–Crippen LogP) is 2.88. The number of rotatable bonds is 4. The third-order valence-corrected chi connectivity index (χ3v) is 4.81. The van der Waals surface area contributed by atoms with E-state index in [1.54, 1.807) is 12.1 Å². The summed E-state index contributed by atoms with van der Waals surface area (Å²) in [7, 11) is 0. The van der Waals surface area contributed by atoms with Crippen molar-refractivity contribution in [2.75, 3.05) is 0 Å². The lowest BCUT2D eigenvalue weighted by atomic mass is 9.36. The highest BCUT2D eigenvalue weighted by molar-refractivity contribution is 5.85. The summed E-state index contributed by atoms with van der Waals surface area (Å²) < 4.78 is 12.8. The van der Waals surface area contributed by atoms with Crippen LogP contribution in [0.25, 0.3) is 0 Å². The summed E-state index contributed by atoms with van der Waals surface area (Å²) in [5, 5.41) is 0. The Balaban J connectivity index is 0.00000133. The number of carbonyl (C=O) groups excluding carboxylic acids is 1. The van der Waals surface area contributed by atoms with Gasteiger partial charge in [0.15, 0.2) is 0 Å². The molecule has 0 heterocycles. The molecule has 0 saturated heterocycles. The Morgan fingerprint density at radius 3 is 2.32 bits per heavy atom. The Hall–Kier alpha value is -0.930. The van der Waals surface area contributed by atoms with E-state index in [0.717, 1.165) is 24.8 Å². The van der Waals surface area contributed by atoms with E-state index >= 15 is 0 Å². The molecule has 3 fully saturated rings. The Labute approximate surface area is 119 Å². The molecule has 2 nitrogen and oxygen atoms in total. The summed E-state index contributed by atoms with van der Waals surface area (Å²) in [6.45, 7) is 2.02. The van der Waals surface area contributed by atoms with Gasteiger partial charge in [-0.2, -0.15) is 0 Å². The zero-order valence-electron chi connectivity index (χ0n) is 11.0. The molecule has 3 aliphatic rings. The van der Waals surface area contributed by atoms with E-state index in [-0.39, 0.29) is 40.9 Å². The van der Waals surface area contributed by atoms with Crippen molar-refractivity contribution in [2.45, 2.75) is 38.1 Å². The van der Waals surface area contributed by atoms with Gasteiger partial charge in [-0.05, 0) is 42.4 Å². The Kier molecular flexibility index (Phi) is 3.48. The first-order valence-electron chi connectivity index (χ1n) is 6.49. The van der Waals surface area contributed by atoms with Crippen molar-refractivity contribution in [3.05, 3.63) is 35.6 Å². The Bertz CT molecular complexity index is 480. The maximum absolute atomic E-state index is 12.8. The molecule has 1 aromatic carbocycles. The van der Waals surface area contributed by atoms with Gasteiger partial charge < -0.3 is 5.73 Å². The molecule has 19 heavy (non-hydrogen) atoms. The normalized spacial score (nSPS) is 32.6. The minimum atomic E-state index is -0.260. The van der Waals surface area contributed by atoms with Crippen molar-refractivity contribution in [2.24, 2.45) is 17.1 Å². The van der Waals surface area contributed by atoms with Gasteiger partial charge in [0.1, 0.15) is 11.6 Å². The van der Waals surface area contributed by atoms with E-state index in [1.165, 1.54) is 12.1 Å². The van der Waals surface area contributed by atoms with Gasteiger partial charge in [0.2, 0.25) is 0 Å². The van der Waals surface area contributed by atoms with Crippen LogP contribution in [0.15, 0.2) is 24.3 Å². The third-order valence-electron chi connectivity index (χ3n) is 4.81. The lowest BCUT2D eigenvalue weighted by molar-refractivity contribution is -0.175. The van der Waals surface area contributed by atoms with Gasteiger partial charge in [-0.1, -0.05) is 19.1 Å². The molecule has 2 N–H and O–H groups in total. The highest BCUT2D eigenvalue weighted by Crippen LogP contribution is 2.69. The number of hydrogen-bond acceptors (Lipinski definition) is 2. The number of halogens is 2. The third kappa shape index (κ3) is 2.30. The monoisotopic (exact) mass is 283 g/mol. The fraction of sp³-hybridized carbons (Fsp3) is 0.533. The van der Waals surface area contributed by atoms with Crippen molar-refractivity contribution in [3.63, 3.8) is 0 Å². The van der Waals surface area contributed by atoms with E-state index in [1.807, 2.05) is 6.92 Å². The summed E-state index contributed by atoms with van der Waals surface area (Å²) in [5.74, 6) is 0.0695. The molecule has 0 aliphatic heterocycles. The number of nitrogens with two attached hydrogens (primary N) is 1. The molecule has 1 unspecified atom stereocenters. The molecule has 3 saturated carbocycles. The van der Waals surface area contributed by atoms with Gasteiger partial charge in [0, 0.05) is 17.9 Å². The SMILES string of the molecule is CC(C(=O)Cc1ccc(F)cc1)C12CC(N)(C1)C2.Cl. The number of carbonyl (C=O) groups is 1. The maximum Gasteiger partial charge on any atom is 0.140 e. The van der Waals surface area contributed by atoms with Crippen molar-refractivity contribution in [3.8, 4) is 0 Å². The van der Waals surface area contributed by atoms with Gasteiger partial charge >= 0.3 is 0 Å². The molecule has 3 aliphatic carbocycles. The predicted molar refractivity (Wildman–Crippen MR) is 74.7 cm³/mol. The molecule has 2 bridgehead atoms.